The lowest BCUT2D eigenvalue weighted by Gasteiger charge is -2.22. The van der Waals surface area contributed by atoms with E-state index >= 15 is 0 Å². The summed E-state index contributed by atoms with van der Waals surface area (Å²) >= 11 is 0. The summed E-state index contributed by atoms with van der Waals surface area (Å²) in [4.78, 5) is 17.9. The Bertz CT molecular complexity index is 480. The summed E-state index contributed by atoms with van der Waals surface area (Å²) in [5.41, 5.74) is 1.21. The second-order valence-corrected chi connectivity index (χ2v) is 4.41. The number of carbonyl (C=O) groups excluding carboxylic acids is 1. The van der Waals surface area contributed by atoms with Gasteiger partial charge in [0.25, 0.3) is 0 Å². The fraction of sp³-hybridized carbons (Fsp3) is 0.462. The lowest BCUT2D eigenvalue weighted by Crippen LogP contribution is -2.41. The predicted octanol–water partition coefficient (Wildman–Crippen LogP) is 0.664. The molecule has 5 nitrogen and oxygen atoms in total. The van der Waals surface area contributed by atoms with Gasteiger partial charge in [0.15, 0.2) is 0 Å². The van der Waals surface area contributed by atoms with Gasteiger partial charge in [-0.2, -0.15) is 5.26 Å². The van der Waals surface area contributed by atoms with Crippen LogP contribution >= 0.6 is 0 Å². The molecule has 1 fully saturated rings. The molecule has 94 valence electrons. The van der Waals surface area contributed by atoms with Gasteiger partial charge in [0, 0.05) is 24.8 Å². The Kier molecular flexibility index (Phi) is 3.90. The number of hydrogen-bond acceptors (Lipinski definition) is 4. The Labute approximate surface area is 106 Å². The molecule has 2 heterocycles. The molecular weight excluding hydrogens is 228 g/mol. The van der Waals surface area contributed by atoms with Crippen LogP contribution in [0.4, 0.5) is 0 Å². The maximum atomic E-state index is 12.1. The van der Waals surface area contributed by atoms with E-state index in [0.29, 0.717) is 12.2 Å². The molecule has 1 aromatic heterocycles. The molecule has 1 saturated heterocycles. The third-order valence-corrected chi connectivity index (χ3v) is 3.10. The number of rotatable bonds is 2. The summed E-state index contributed by atoms with van der Waals surface area (Å²) in [6.45, 7) is 3.90. The van der Waals surface area contributed by atoms with Gasteiger partial charge in [0.1, 0.15) is 11.8 Å². The second-order valence-electron chi connectivity index (χ2n) is 4.41. The fourth-order valence-electron chi connectivity index (χ4n) is 2.09. The maximum absolute atomic E-state index is 12.1. The molecule has 0 bridgehead atoms. The van der Waals surface area contributed by atoms with Crippen LogP contribution in [0, 0.1) is 11.3 Å². The lowest BCUT2D eigenvalue weighted by atomic mass is 10.1. The van der Waals surface area contributed by atoms with Crippen LogP contribution in [0.2, 0.25) is 0 Å². The first-order chi connectivity index (χ1) is 8.72. The van der Waals surface area contributed by atoms with Crippen molar-refractivity contribution in [3.8, 4) is 6.07 Å². The van der Waals surface area contributed by atoms with Crippen LogP contribution in [0.3, 0.4) is 0 Å². The van der Waals surface area contributed by atoms with Gasteiger partial charge in [-0.1, -0.05) is 6.07 Å². The normalized spacial score (nSPS) is 20.3. The zero-order valence-electron chi connectivity index (χ0n) is 10.4. The van der Waals surface area contributed by atoms with Crippen LogP contribution in [-0.4, -0.2) is 34.9 Å². The van der Waals surface area contributed by atoms with Crippen LogP contribution in [0.15, 0.2) is 18.3 Å². The molecule has 18 heavy (non-hydrogen) atoms. The van der Waals surface area contributed by atoms with Gasteiger partial charge >= 0.3 is 0 Å². The van der Waals surface area contributed by atoms with Gasteiger partial charge in [-0.05, 0) is 26.0 Å². The Morgan fingerprint density at radius 2 is 2.50 bits per heavy atom. The first-order valence-corrected chi connectivity index (χ1v) is 6.08. The minimum atomic E-state index is -0.158. The van der Waals surface area contributed by atoms with Crippen LogP contribution in [0.5, 0.6) is 0 Å². The number of nitrogens with zero attached hydrogens (tertiary/aromatic N) is 3. The number of nitrogens with one attached hydrogen (secondary N) is 1. The van der Waals surface area contributed by atoms with E-state index in [-0.39, 0.29) is 11.9 Å². The highest BCUT2D eigenvalue weighted by atomic mass is 16.2. The summed E-state index contributed by atoms with van der Waals surface area (Å²) in [6, 6.07) is 5.55. The third kappa shape index (κ3) is 2.66. The Morgan fingerprint density at radius 1 is 1.67 bits per heavy atom. The van der Waals surface area contributed by atoms with Crippen molar-refractivity contribution in [1.29, 1.82) is 5.26 Å². The molecule has 0 saturated carbocycles. The average molecular weight is 244 g/mol. The standard InChI is InChI=1S/C13H16N4O/c1-10-13(18)17(7-3-6-15-10)9-11-4-2-5-16-12(11)8-14/h2,4-5,10,15H,3,6-7,9H2,1H3. The lowest BCUT2D eigenvalue weighted by molar-refractivity contribution is -0.132. The van der Waals surface area contributed by atoms with Crippen molar-refractivity contribution >= 4 is 5.91 Å². The first kappa shape index (κ1) is 12.5. The summed E-state index contributed by atoms with van der Waals surface area (Å²) in [7, 11) is 0. The van der Waals surface area contributed by atoms with Crippen molar-refractivity contribution in [2.45, 2.75) is 25.9 Å². The summed E-state index contributed by atoms with van der Waals surface area (Å²) in [5, 5.41) is 12.2. The van der Waals surface area contributed by atoms with E-state index < -0.39 is 0 Å². The Hall–Kier alpha value is -1.93. The van der Waals surface area contributed by atoms with Crippen molar-refractivity contribution in [1.82, 2.24) is 15.2 Å². The summed E-state index contributed by atoms with van der Waals surface area (Å²) < 4.78 is 0. The highest BCUT2D eigenvalue weighted by Gasteiger charge is 2.23. The molecule has 1 amide bonds. The Morgan fingerprint density at radius 3 is 3.28 bits per heavy atom. The number of amides is 1. The molecule has 0 radical (unpaired) electrons. The quantitative estimate of drug-likeness (QED) is 0.830. The molecule has 0 spiro atoms. The minimum Gasteiger partial charge on any atom is -0.337 e. The van der Waals surface area contributed by atoms with Crippen LogP contribution in [-0.2, 0) is 11.3 Å². The molecule has 1 unspecified atom stereocenters. The number of hydrogen-bond donors (Lipinski definition) is 1. The van der Waals surface area contributed by atoms with Gasteiger partial charge in [0.05, 0.1) is 6.04 Å². The number of carbonyl (C=O) groups is 1. The van der Waals surface area contributed by atoms with Gasteiger partial charge < -0.3 is 10.2 Å². The topological polar surface area (TPSA) is 69.0 Å². The highest BCUT2D eigenvalue weighted by Crippen LogP contribution is 2.11. The van der Waals surface area contributed by atoms with E-state index in [4.69, 9.17) is 5.26 Å². The van der Waals surface area contributed by atoms with E-state index in [1.807, 2.05) is 13.0 Å². The zero-order valence-corrected chi connectivity index (χ0v) is 10.4. The third-order valence-electron chi connectivity index (χ3n) is 3.10. The fourth-order valence-corrected chi connectivity index (χ4v) is 2.09. The molecule has 1 N–H and O–H groups in total. The summed E-state index contributed by atoms with van der Waals surface area (Å²) in [6.07, 6.45) is 2.52. The van der Waals surface area contributed by atoms with E-state index in [1.54, 1.807) is 17.2 Å². The van der Waals surface area contributed by atoms with E-state index in [9.17, 15) is 4.79 Å². The SMILES string of the molecule is CC1NCCCN(Cc2cccnc2C#N)C1=O. The van der Waals surface area contributed by atoms with Gasteiger partial charge in [-0.25, -0.2) is 4.98 Å². The minimum absolute atomic E-state index is 0.0836. The molecule has 1 atom stereocenters. The molecule has 2 rings (SSSR count). The maximum Gasteiger partial charge on any atom is 0.239 e. The number of nitriles is 1. The molecule has 5 heteroatoms. The van der Waals surface area contributed by atoms with Crippen molar-refractivity contribution in [3.63, 3.8) is 0 Å². The van der Waals surface area contributed by atoms with Crippen LogP contribution in [0.1, 0.15) is 24.6 Å². The molecule has 0 aliphatic carbocycles. The average Bonchev–Trinajstić information content (AvgIpc) is 2.55. The molecule has 1 aliphatic heterocycles. The van der Waals surface area contributed by atoms with E-state index in [0.717, 1.165) is 25.1 Å². The molecule has 1 aliphatic rings. The molecule has 1 aromatic rings. The van der Waals surface area contributed by atoms with Gasteiger partial charge in [-0.3, -0.25) is 4.79 Å². The van der Waals surface area contributed by atoms with Crippen molar-refractivity contribution in [3.05, 3.63) is 29.6 Å². The predicted molar refractivity (Wildman–Crippen MR) is 66.5 cm³/mol. The van der Waals surface area contributed by atoms with Crippen molar-refractivity contribution in [2.75, 3.05) is 13.1 Å². The first-order valence-electron chi connectivity index (χ1n) is 6.08. The van der Waals surface area contributed by atoms with Crippen molar-refractivity contribution in [2.24, 2.45) is 0 Å². The highest BCUT2D eigenvalue weighted by molar-refractivity contribution is 5.81. The van der Waals surface area contributed by atoms with Gasteiger partial charge in [-0.15, -0.1) is 0 Å². The molecular formula is C13H16N4O. The van der Waals surface area contributed by atoms with Crippen molar-refractivity contribution < 1.29 is 4.79 Å². The largest absolute Gasteiger partial charge is 0.337 e. The monoisotopic (exact) mass is 244 g/mol. The second kappa shape index (κ2) is 5.61. The number of aromatic nitrogens is 1. The van der Waals surface area contributed by atoms with E-state index in [2.05, 4.69) is 16.4 Å². The van der Waals surface area contributed by atoms with Crippen LogP contribution in [0.25, 0.3) is 0 Å². The Balaban J connectivity index is 2.17. The number of pyridine rings is 1. The molecule has 0 aromatic carbocycles. The zero-order chi connectivity index (χ0) is 13.0. The van der Waals surface area contributed by atoms with Crippen LogP contribution < -0.4 is 5.32 Å². The van der Waals surface area contributed by atoms with Gasteiger partial charge in [0.2, 0.25) is 5.91 Å². The summed E-state index contributed by atoms with van der Waals surface area (Å²) in [5.74, 6) is 0.0836. The smallest absolute Gasteiger partial charge is 0.239 e. The van der Waals surface area contributed by atoms with E-state index in [1.165, 1.54) is 0 Å².